The average molecular weight is 224 g/mol. The number of halogens is 3. The largest absolute Gasteiger partial charge is 0.433 e. The molecule has 78 valence electrons. The molecule has 14 heavy (non-hydrogen) atoms. The van der Waals surface area contributed by atoms with Crippen molar-refractivity contribution in [3.8, 4) is 0 Å². The number of thioether (sulfide) groups is 1. The van der Waals surface area contributed by atoms with Gasteiger partial charge in [0.25, 0.3) is 0 Å². The van der Waals surface area contributed by atoms with Crippen LogP contribution in [0.4, 0.5) is 13.2 Å². The van der Waals surface area contributed by atoms with Gasteiger partial charge in [0, 0.05) is 11.9 Å². The monoisotopic (exact) mass is 224 g/mol. The second-order valence-electron chi connectivity index (χ2n) is 2.29. The molecule has 1 rings (SSSR count). The zero-order chi connectivity index (χ0) is 10.6. The van der Waals surface area contributed by atoms with E-state index in [1.165, 1.54) is 0 Å². The zero-order valence-corrected chi connectivity index (χ0v) is 7.77. The van der Waals surface area contributed by atoms with Crippen molar-refractivity contribution >= 4 is 11.8 Å². The van der Waals surface area contributed by atoms with Crippen LogP contribution in [0.2, 0.25) is 0 Å². The fourth-order valence-electron chi connectivity index (χ4n) is 0.705. The lowest BCUT2D eigenvalue weighted by Crippen LogP contribution is -2.08. The Hall–Kier alpha value is -0.820. The van der Waals surface area contributed by atoms with Gasteiger partial charge in [0.15, 0.2) is 5.16 Å². The standard InChI is InChI=1S/C7H7F3N2OS/c8-7(9,10)5-1-2-11-6(12-5)14-4-3-13/h1-2,13H,3-4H2. The second-order valence-corrected chi connectivity index (χ2v) is 3.36. The number of hydrogen-bond donors (Lipinski definition) is 1. The third-order valence-electron chi connectivity index (χ3n) is 1.25. The fraction of sp³-hybridized carbons (Fsp3) is 0.429. The summed E-state index contributed by atoms with van der Waals surface area (Å²) >= 11 is 0.978. The minimum Gasteiger partial charge on any atom is -0.396 e. The third kappa shape index (κ3) is 3.15. The van der Waals surface area contributed by atoms with E-state index in [1.807, 2.05) is 0 Å². The van der Waals surface area contributed by atoms with Gasteiger partial charge in [-0.3, -0.25) is 0 Å². The van der Waals surface area contributed by atoms with Crippen LogP contribution in [0.25, 0.3) is 0 Å². The van der Waals surface area contributed by atoms with E-state index >= 15 is 0 Å². The van der Waals surface area contributed by atoms with Crippen LogP contribution in [0, 0.1) is 0 Å². The molecule has 0 aromatic carbocycles. The van der Waals surface area contributed by atoms with Crippen molar-refractivity contribution < 1.29 is 18.3 Å². The second kappa shape index (κ2) is 4.61. The first-order chi connectivity index (χ1) is 6.54. The molecule has 1 aromatic heterocycles. The fourth-order valence-corrected chi connectivity index (χ4v) is 1.28. The summed E-state index contributed by atoms with van der Waals surface area (Å²) in [4.78, 5) is 6.93. The third-order valence-corrected chi connectivity index (χ3v) is 2.09. The Morgan fingerprint density at radius 3 is 2.71 bits per heavy atom. The van der Waals surface area contributed by atoms with Gasteiger partial charge in [0.05, 0.1) is 6.61 Å². The zero-order valence-electron chi connectivity index (χ0n) is 6.95. The summed E-state index contributed by atoms with van der Waals surface area (Å²) < 4.78 is 36.4. The van der Waals surface area contributed by atoms with Crippen LogP contribution in [0.1, 0.15) is 5.69 Å². The molecule has 0 saturated carbocycles. The van der Waals surface area contributed by atoms with E-state index in [0.29, 0.717) is 0 Å². The summed E-state index contributed by atoms with van der Waals surface area (Å²) in [7, 11) is 0. The van der Waals surface area contributed by atoms with Crippen molar-refractivity contribution in [2.75, 3.05) is 12.4 Å². The van der Waals surface area contributed by atoms with Crippen LogP contribution in [0.3, 0.4) is 0 Å². The van der Waals surface area contributed by atoms with Crippen molar-refractivity contribution in [1.29, 1.82) is 0 Å². The molecule has 7 heteroatoms. The van der Waals surface area contributed by atoms with Gasteiger partial charge < -0.3 is 5.11 Å². The molecule has 0 saturated heterocycles. The summed E-state index contributed by atoms with van der Waals surface area (Å²) in [6.07, 6.45) is -3.40. The maximum Gasteiger partial charge on any atom is 0.433 e. The maximum atomic E-state index is 12.1. The van der Waals surface area contributed by atoms with E-state index in [0.717, 1.165) is 24.0 Å². The van der Waals surface area contributed by atoms with Crippen molar-refractivity contribution in [3.05, 3.63) is 18.0 Å². The molecule has 0 aliphatic carbocycles. The molecule has 0 spiro atoms. The molecule has 0 radical (unpaired) electrons. The number of rotatable bonds is 3. The minimum atomic E-state index is -4.45. The Bertz CT molecular complexity index is 305. The van der Waals surface area contributed by atoms with E-state index in [9.17, 15) is 13.2 Å². The molecule has 1 heterocycles. The van der Waals surface area contributed by atoms with Crippen LogP contribution in [-0.2, 0) is 6.18 Å². The Morgan fingerprint density at radius 2 is 2.14 bits per heavy atom. The van der Waals surface area contributed by atoms with Gasteiger partial charge in [-0.05, 0) is 6.07 Å². The molecule has 1 N–H and O–H groups in total. The average Bonchev–Trinajstić information content (AvgIpc) is 2.14. The van der Waals surface area contributed by atoms with Crippen molar-refractivity contribution in [3.63, 3.8) is 0 Å². The van der Waals surface area contributed by atoms with Gasteiger partial charge in [0.2, 0.25) is 0 Å². The van der Waals surface area contributed by atoms with Crippen LogP contribution in [0.15, 0.2) is 17.4 Å². The van der Waals surface area contributed by atoms with Gasteiger partial charge in [0.1, 0.15) is 5.69 Å². The molecule has 0 aliphatic heterocycles. The van der Waals surface area contributed by atoms with E-state index in [-0.39, 0.29) is 17.5 Å². The van der Waals surface area contributed by atoms with E-state index in [2.05, 4.69) is 9.97 Å². The molecule has 3 nitrogen and oxygen atoms in total. The van der Waals surface area contributed by atoms with Crippen LogP contribution in [-0.4, -0.2) is 27.4 Å². The molecular formula is C7H7F3N2OS. The lowest BCUT2D eigenvalue weighted by atomic mass is 10.4. The molecule has 0 fully saturated rings. The summed E-state index contributed by atoms with van der Waals surface area (Å²) in [5, 5.41) is 8.48. The summed E-state index contributed by atoms with van der Waals surface area (Å²) in [6.45, 7) is -0.121. The molecule has 0 atom stereocenters. The Labute approximate surface area is 82.4 Å². The first-order valence-corrected chi connectivity index (χ1v) is 4.66. The molecule has 0 amide bonds. The van der Waals surface area contributed by atoms with Crippen molar-refractivity contribution in [1.82, 2.24) is 9.97 Å². The minimum absolute atomic E-state index is 0.0221. The van der Waals surface area contributed by atoms with Crippen LogP contribution < -0.4 is 0 Å². The highest BCUT2D eigenvalue weighted by molar-refractivity contribution is 7.99. The Morgan fingerprint density at radius 1 is 1.43 bits per heavy atom. The van der Waals surface area contributed by atoms with Gasteiger partial charge in [-0.2, -0.15) is 13.2 Å². The summed E-state index contributed by atoms with van der Waals surface area (Å²) in [5.41, 5.74) is -0.965. The quantitative estimate of drug-likeness (QED) is 0.625. The SMILES string of the molecule is OCCSc1nccc(C(F)(F)F)n1. The molecule has 0 bridgehead atoms. The van der Waals surface area contributed by atoms with Crippen molar-refractivity contribution in [2.24, 2.45) is 0 Å². The van der Waals surface area contributed by atoms with E-state index < -0.39 is 11.9 Å². The highest BCUT2D eigenvalue weighted by atomic mass is 32.2. The van der Waals surface area contributed by atoms with Gasteiger partial charge in [-0.1, -0.05) is 11.8 Å². The first kappa shape index (κ1) is 11.3. The maximum absolute atomic E-state index is 12.1. The lowest BCUT2D eigenvalue weighted by molar-refractivity contribution is -0.141. The Balaban J connectivity index is 2.79. The lowest BCUT2D eigenvalue weighted by Gasteiger charge is -2.05. The molecule has 0 aliphatic rings. The van der Waals surface area contributed by atoms with Gasteiger partial charge in [-0.15, -0.1) is 0 Å². The summed E-state index contributed by atoms with van der Waals surface area (Å²) in [6, 6.07) is 0.809. The number of aromatic nitrogens is 2. The van der Waals surface area contributed by atoms with Gasteiger partial charge in [-0.25, -0.2) is 9.97 Å². The van der Waals surface area contributed by atoms with Crippen LogP contribution in [0.5, 0.6) is 0 Å². The van der Waals surface area contributed by atoms with Crippen LogP contribution >= 0.6 is 11.8 Å². The number of nitrogens with zero attached hydrogens (tertiary/aromatic N) is 2. The summed E-state index contributed by atoms with van der Waals surface area (Å²) in [5.74, 6) is 0.279. The smallest absolute Gasteiger partial charge is 0.396 e. The van der Waals surface area contributed by atoms with E-state index in [4.69, 9.17) is 5.11 Å². The predicted molar refractivity (Wildman–Crippen MR) is 44.8 cm³/mol. The number of aliphatic hydroxyl groups excluding tert-OH is 1. The first-order valence-electron chi connectivity index (χ1n) is 3.68. The highest BCUT2D eigenvalue weighted by Gasteiger charge is 2.32. The number of hydrogen-bond acceptors (Lipinski definition) is 4. The topological polar surface area (TPSA) is 46.0 Å². The number of alkyl halides is 3. The molecule has 0 unspecified atom stereocenters. The Kier molecular flexibility index (Phi) is 3.70. The van der Waals surface area contributed by atoms with E-state index in [1.54, 1.807) is 0 Å². The van der Waals surface area contributed by atoms with Gasteiger partial charge >= 0.3 is 6.18 Å². The van der Waals surface area contributed by atoms with Crippen molar-refractivity contribution in [2.45, 2.75) is 11.3 Å². The molecular weight excluding hydrogens is 217 g/mol. The highest BCUT2D eigenvalue weighted by Crippen LogP contribution is 2.28. The predicted octanol–water partition coefficient (Wildman–Crippen LogP) is 1.58. The number of aliphatic hydroxyl groups is 1. The molecule has 1 aromatic rings. The normalized spacial score (nSPS) is 11.7.